The van der Waals surface area contributed by atoms with Crippen LogP contribution in [0.15, 0.2) is 29.4 Å². The summed E-state index contributed by atoms with van der Waals surface area (Å²) in [5.41, 5.74) is 6.35. The van der Waals surface area contributed by atoms with Crippen molar-refractivity contribution < 1.29 is 18.7 Å². The van der Waals surface area contributed by atoms with E-state index in [2.05, 4.69) is 5.16 Å². The molecule has 0 saturated carbocycles. The van der Waals surface area contributed by atoms with Gasteiger partial charge in [0.15, 0.2) is 9.84 Å². The minimum Gasteiger partial charge on any atom is -0.411 e. The molecule has 0 spiro atoms. The Bertz CT molecular complexity index is 522. The predicted molar refractivity (Wildman–Crippen MR) is 69.5 cm³/mol. The van der Waals surface area contributed by atoms with Gasteiger partial charge in [-0.1, -0.05) is 24.2 Å². The molecule has 1 rings (SSSR count). The zero-order valence-corrected chi connectivity index (χ0v) is 10.8. The molecule has 4 N–H and O–H groups in total. The van der Waals surface area contributed by atoms with E-state index >= 15 is 0 Å². The maximum atomic E-state index is 11.8. The van der Waals surface area contributed by atoms with Crippen molar-refractivity contribution in [3.8, 4) is 0 Å². The van der Waals surface area contributed by atoms with Crippen molar-refractivity contribution in [2.24, 2.45) is 5.16 Å². The van der Waals surface area contributed by atoms with E-state index in [9.17, 15) is 13.5 Å². The van der Waals surface area contributed by atoms with Gasteiger partial charge in [0.05, 0.1) is 6.61 Å². The van der Waals surface area contributed by atoms with Crippen LogP contribution in [0.4, 0.5) is 5.69 Å². The molecule has 0 heterocycles. The van der Waals surface area contributed by atoms with E-state index in [-0.39, 0.29) is 11.5 Å². The fourth-order valence-corrected chi connectivity index (χ4v) is 2.69. The van der Waals surface area contributed by atoms with E-state index in [1.807, 2.05) is 0 Å². The van der Waals surface area contributed by atoms with Crippen LogP contribution in [0.1, 0.15) is 12.5 Å². The number of nitrogen functional groups attached to an aromatic ring is 1. The summed E-state index contributed by atoms with van der Waals surface area (Å²) in [4.78, 5) is 0. The van der Waals surface area contributed by atoms with Gasteiger partial charge in [-0.2, -0.15) is 0 Å². The van der Waals surface area contributed by atoms with Gasteiger partial charge in [0.1, 0.15) is 11.0 Å². The van der Waals surface area contributed by atoms with E-state index in [1.165, 1.54) is 19.1 Å². The van der Waals surface area contributed by atoms with Crippen molar-refractivity contribution in [3.63, 3.8) is 0 Å². The van der Waals surface area contributed by atoms with Gasteiger partial charge >= 0.3 is 0 Å². The maximum Gasteiger partial charge on any atom is 0.161 e. The molecule has 18 heavy (non-hydrogen) atoms. The average Bonchev–Trinajstić information content (AvgIpc) is 2.36. The number of oxime groups is 1. The molecule has 6 nitrogen and oxygen atoms in total. The molecule has 0 unspecified atom stereocenters. The second-order valence-electron chi connectivity index (χ2n) is 3.73. The summed E-state index contributed by atoms with van der Waals surface area (Å²) in [5.74, 6) is -0.147. The Balaban J connectivity index is 3.21. The highest BCUT2D eigenvalue weighted by Gasteiger charge is 2.29. The van der Waals surface area contributed by atoms with E-state index in [0.29, 0.717) is 11.3 Å². The molecule has 0 saturated heterocycles. The van der Waals surface area contributed by atoms with Crippen molar-refractivity contribution in [1.29, 1.82) is 0 Å². The van der Waals surface area contributed by atoms with Gasteiger partial charge in [-0.05, 0) is 12.1 Å². The third-order valence-electron chi connectivity index (χ3n) is 2.62. The minimum absolute atomic E-state index is 0.0839. The van der Waals surface area contributed by atoms with Gasteiger partial charge in [0.25, 0.3) is 0 Å². The van der Waals surface area contributed by atoms with Crippen LogP contribution in [0.5, 0.6) is 0 Å². The first kappa shape index (κ1) is 14.5. The topological polar surface area (TPSA) is 113 Å². The number of nitrogens with zero attached hydrogens (tertiary/aromatic N) is 1. The Morgan fingerprint density at radius 2 is 1.94 bits per heavy atom. The molecule has 0 aliphatic carbocycles. The number of aliphatic hydroxyl groups is 1. The molecule has 0 aliphatic rings. The average molecular weight is 272 g/mol. The largest absolute Gasteiger partial charge is 0.411 e. The van der Waals surface area contributed by atoms with Crippen LogP contribution in [0, 0.1) is 0 Å². The number of rotatable bonds is 5. The highest BCUT2D eigenvalue weighted by molar-refractivity contribution is 7.92. The van der Waals surface area contributed by atoms with Crippen LogP contribution in [0.25, 0.3) is 0 Å². The van der Waals surface area contributed by atoms with Gasteiger partial charge < -0.3 is 16.0 Å². The Morgan fingerprint density at radius 3 is 2.33 bits per heavy atom. The lowest BCUT2D eigenvalue weighted by Gasteiger charge is -2.15. The van der Waals surface area contributed by atoms with E-state index in [0.717, 1.165) is 0 Å². The van der Waals surface area contributed by atoms with Crippen molar-refractivity contribution in [3.05, 3.63) is 29.8 Å². The first-order valence-electron chi connectivity index (χ1n) is 5.36. The Kier molecular flexibility index (Phi) is 4.69. The monoisotopic (exact) mass is 272 g/mol. The molecule has 0 amide bonds. The standard InChI is InChI=1S/C11H16N2O4S/c1-2-18(16,17)10(7-14)11(13-15)8-3-5-9(12)6-4-8/h3-6,10,14-15H,2,7,12H2,1H3/b13-11-/t10-/m0/s1. The number of aliphatic hydroxyl groups excluding tert-OH is 1. The van der Waals surface area contributed by atoms with Crippen LogP contribution in [0.2, 0.25) is 0 Å². The molecule has 0 bridgehead atoms. The lowest BCUT2D eigenvalue weighted by molar-refractivity contribution is 0.296. The third-order valence-corrected chi connectivity index (χ3v) is 4.66. The first-order chi connectivity index (χ1) is 8.46. The second-order valence-corrected chi connectivity index (χ2v) is 6.20. The molecule has 1 aromatic carbocycles. The van der Waals surface area contributed by atoms with Crippen LogP contribution >= 0.6 is 0 Å². The molecule has 0 aromatic heterocycles. The van der Waals surface area contributed by atoms with Gasteiger partial charge in [-0.25, -0.2) is 8.42 Å². The fourth-order valence-electron chi connectivity index (χ4n) is 1.53. The number of nitrogens with two attached hydrogens (primary N) is 1. The summed E-state index contributed by atoms with van der Waals surface area (Å²) in [5, 5.41) is 20.0. The first-order valence-corrected chi connectivity index (χ1v) is 7.08. The lowest BCUT2D eigenvalue weighted by Crippen LogP contribution is -2.35. The number of benzene rings is 1. The molecular formula is C11H16N2O4S. The van der Waals surface area contributed by atoms with Gasteiger partial charge in [-0.3, -0.25) is 0 Å². The quantitative estimate of drug-likeness (QED) is 0.307. The van der Waals surface area contributed by atoms with Crippen molar-refractivity contribution in [2.75, 3.05) is 18.1 Å². The summed E-state index contributed by atoms with van der Waals surface area (Å²) in [6.07, 6.45) is 0. The SMILES string of the molecule is CCS(=O)(=O)[C@@H](CO)/C(=N\O)c1ccc(N)cc1. The Hall–Kier alpha value is -1.60. The summed E-state index contributed by atoms with van der Waals surface area (Å²) in [7, 11) is -3.55. The normalized spacial score (nSPS) is 14.4. The van der Waals surface area contributed by atoms with Gasteiger partial charge in [0, 0.05) is 17.0 Å². The molecule has 100 valence electrons. The molecule has 0 aliphatic heterocycles. The van der Waals surface area contributed by atoms with Crippen molar-refractivity contribution >= 4 is 21.2 Å². The maximum absolute atomic E-state index is 11.8. The molecule has 0 radical (unpaired) electrons. The molecule has 1 atom stereocenters. The van der Waals surface area contributed by atoms with E-state index in [4.69, 9.17) is 10.9 Å². The Morgan fingerprint density at radius 1 is 1.39 bits per heavy atom. The van der Waals surface area contributed by atoms with Gasteiger partial charge in [0.2, 0.25) is 0 Å². The Labute approximate surface area is 106 Å². The van der Waals surface area contributed by atoms with Gasteiger partial charge in [-0.15, -0.1) is 0 Å². The lowest BCUT2D eigenvalue weighted by atomic mass is 10.1. The minimum atomic E-state index is -3.55. The van der Waals surface area contributed by atoms with E-state index < -0.39 is 21.7 Å². The summed E-state index contributed by atoms with van der Waals surface area (Å²) < 4.78 is 23.6. The fraction of sp³-hybridized carbons (Fsp3) is 0.364. The van der Waals surface area contributed by atoms with E-state index in [1.54, 1.807) is 12.1 Å². The summed E-state index contributed by atoms with van der Waals surface area (Å²) in [6, 6.07) is 6.21. The number of anilines is 1. The smallest absolute Gasteiger partial charge is 0.161 e. The molecule has 0 fully saturated rings. The van der Waals surface area contributed by atoms with Crippen LogP contribution in [0.3, 0.4) is 0 Å². The molecule has 1 aromatic rings. The third kappa shape index (κ3) is 2.99. The summed E-state index contributed by atoms with van der Waals surface area (Å²) >= 11 is 0. The molecule has 7 heteroatoms. The predicted octanol–water partition coefficient (Wildman–Crippen LogP) is 0.243. The number of hydrogen-bond acceptors (Lipinski definition) is 6. The number of hydrogen-bond donors (Lipinski definition) is 3. The van der Waals surface area contributed by atoms with Crippen molar-refractivity contribution in [1.82, 2.24) is 0 Å². The molecular weight excluding hydrogens is 256 g/mol. The second kappa shape index (κ2) is 5.83. The van der Waals surface area contributed by atoms with Crippen LogP contribution in [-0.2, 0) is 9.84 Å². The zero-order chi connectivity index (χ0) is 13.8. The van der Waals surface area contributed by atoms with Crippen molar-refractivity contribution in [2.45, 2.75) is 12.2 Å². The highest BCUT2D eigenvalue weighted by atomic mass is 32.2. The number of sulfone groups is 1. The summed E-state index contributed by atoms with van der Waals surface area (Å²) in [6.45, 7) is 0.829. The highest BCUT2D eigenvalue weighted by Crippen LogP contribution is 2.14. The van der Waals surface area contributed by atoms with Crippen LogP contribution in [-0.4, -0.2) is 42.1 Å². The van der Waals surface area contributed by atoms with Crippen LogP contribution < -0.4 is 5.73 Å². The zero-order valence-electron chi connectivity index (χ0n) is 9.94.